The number of hydrogen-bond donors (Lipinski definition) is 1. The second kappa shape index (κ2) is 6.17. The van der Waals surface area contributed by atoms with Gasteiger partial charge in [-0.05, 0) is 36.2 Å². The van der Waals surface area contributed by atoms with Crippen LogP contribution in [0.2, 0.25) is 0 Å². The van der Waals surface area contributed by atoms with Crippen LogP contribution in [0.3, 0.4) is 0 Å². The molecular weight excluding hydrogens is 346 g/mol. The van der Waals surface area contributed by atoms with Gasteiger partial charge in [-0.3, -0.25) is 0 Å². The molecule has 1 N–H and O–H groups in total. The van der Waals surface area contributed by atoms with Crippen LogP contribution >= 0.6 is 27.3 Å². The van der Waals surface area contributed by atoms with Gasteiger partial charge in [0.25, 0.3) is 0 Å². The first-order valence-electron chi connectivity index (χ1n) is 5.84. The number of nitrogens with one attached hydrogen (secondary N) is 1. The van der Waals surface area contributed by atoms with Gasteiger partial charge in [-0.1, -0.05) is 35.0 Å². The predicted octanol–water partition coefficient (Wildman–Crippen LogP) is 3.55. The molecule has 0 spiro atoms. The number of hydrogen-bond acceptors (Lipinski definition) is 3. The Morgan fingerprint density at radius 3 is 2.42 bits per heavy atom. The van der Waals surface area contributed by atoms with E-state index in [0.29, 0.717) is 10.8 Å². The van der Waals surface area contributed by atoms with Gasteiger partial charge >= 0.3 is 0 Å². The summed E-state index contributed by atoms with van der Waals surface area (Å²) in [5.74, 6) is 0. The van der Waals surface area contributed by atoms with Gasteiger partial charge in [0.05, 0.1) is 0 Å². The highest BCUT2D eigenvalue weighted by Crippen LogP contribution is 2.22. The lowest BCUT2D eigenvalue weighted by molar-refractivity contribution is 0.583. The lowest BCUT2D eigenvalue weighted by atomic mass is 10.2. The average molecular weight is 360 g/mol. The van der Waals surface area contributed by atoms with Gasteiger partial charge in [0.15, 0.2) is 0 Å². The summed E-state index contributed by atoms with van der Waals surface area (Å²) in [4.78, 5) is 1.07. The van der Waals surface area contributed by atoms with Crippen molar-refractivity contribution in [2.75, 3.05) is 0 Å². The van der Waals surface area contributed by atoms with Crippen LogP contribution in [0.5, 0.6) is 0 Å². The molecule has 0 fully saturated rings. The largest absolute Gasteiger partial charge is 0.250 e. The van der Waals surface area contributed by atoms with Crippen molar-refractivity contribution in [2.24, 2.45) is 0 Å². The normalized spacial score (nSPS) is 11.7. The molecule has 0 radical (unpaired) electrons. The molecule has 0 unspecified atom stereocenters. The number of rotatable bonds is 5. The molecule has 0 aliphatic carbocycles. The molecule has 1 aromatic heterocycles. The van der Waals surface area contributed by atoms with Gasteiger partial charge in [-0.25, -0.2) is 13.1 Å². The highest BCUT2D eigenvalue weighted by molar-refractivity contribution is 9.10. The second-order valence-corrected chi connectivity index (χ2v) is 8.10. The second-order valence-electron chi connectivity index (χ2n) is 4.03. The Morgan fingerprint density at radius 1 is 1.16 bits per heavy atom. The minimum atomic E-state index is -3.40. The third-order valence-corrected chi connectivity index (χ3v) is 6.28. The molecule has 0 saturated heterocycles. The van der Waals surface area contributed by atoms with E-state index in [1.807, 2.05) is 37.3 Å². The van der Waals surface area contributed by atoms with Crippen LogP contribution in [-0.2, 0) is 23.0 Å². The molecule has 19 heavy (non-hydrogen) atoms. The zero-order valence-electron chi connectivity index (χ0n) is 10.4. The van der Waals surface area contributed by atoms with E-state index < -0.39 is 10.0 Å². The topological polar surface area (TPSA) is 46.2 Å². The number of aryl methyl sites for hydroxylation is 1. The number of benzene rings is 1. The minimum absolute atomic E-state index is 0.301. The summed E-state index contributed by atoms with van der Waals surface area (Å²) >= 11 is 4.67. The molecule has 6 heteroatoms. The van der Waals surface area contributed by atoms with Gasteiger partial charge in [0.2, 0.25) is 10.0 Å². The Bertz CT molecular complexity index is 648. The first-order valence-corrected chi connectivity index (χ1v) is 8.93. The number of sulfonamides is 1. The average Bonchev–Trinajstić information content (AvgIpc) is 2.88. The molecular formula is C13H14BrNO2S2. The minimum Gasteiger partial charge on any atom is -0.206 e. The first kappa shape index (κ1) is 14.7. The highest BCUT2D eigenvalue weighted by atomic mass is 79.9. The van der Waals surface area contributed by atoms with E-state index in [4.69, 9.17) is 0 Å². The van der Waals surface area contributed by atoms with Crippen molar-refractivity contribution in [1.82, 2.24) is 4.72 Å². The smallest absolute Gasteiger partial charge is 0.206 e. The van der Waals surface area contributed by atoms with E-state index >= 15 is 0 Å². The Hall–Kier alpha value is -0.690. The maximum atomic E-state index is 12.1. The third kappa shape index (κ3) is 3.89. The summed E-state index contributed by atoms with van der Waals surface area (Å²) in [6, 6.07) is 11.1. The maximum Gasteiger partial charge on any atom is 0.250 e. The van der Waals surface area contributed by atoms with Crippen molar-refractivity contribution < 1.29 is 8.42 Å². The fourth-order valence-electron chi connectivity index (χ4n) is 1.54. The standard InChI is InChI=1S/C13H14BrNO2S2/c1-2-12-7-8-13(18-12)19(16,17)15-9-10-3-5-11(14)6-4-10/h3-8,15H,2,9H2,1H3. The summed E-state index contributed by atoms with van der Waals surface area (Å²) in [6.45, 7) is 2.31. The van der Waals surface area contributed by atoms with Crippen LogP contribution in [0.4, 0.5) is 0 Å². The van der Waals surface area contributed by atoms with Crippen LogP contribution in [0.15, 0.2) is 45.1 Å². The van der Waals surface area contributed by atoms with E-state index in [2.05, 4.69) is 20.7 Å². The van der Waals surface area contributed by atoms with Crippen LogP contribution in [0.25, 0.3) is 0 Å². The van der Waals surface area contributed by atoms with E-state index in [1.54, 1.807) is 6.07 Å². The summed E-state index contributed by atoms with van der Waals surface area (Å²) in [6.07, 6.45) is 0.854. The van der Waals surface area contributed by atoms with E-state index in [-0.39, 0.29) is 0 Å². The van der Waals surface area contributed by atoms with Crippen LogP contribution in [0, 0.1) is 0 Å². The van der Waals surface area contributed by atoms with Crippen molar-refractivity contribution in [1.29, 1.82) is 0 Å². The number of thiophene rings is 1. The van der Waals surface area contributed by atoms with Gasteiger partial charge in [-0.15, -0.1) is 11.3 Å². The molecule has 0 saturated carbocycles. The van der Waals surface area contributed by atoms with Crippen LogP contribution < -0.4 is 4.72 Å². The molecule has 0 aliphatic heterocycles. The summed E-state index contributed by atoms with van der Waals surface area (Å²) in [5.41, 5.74) is 0.930. The molecule has 2 aromatic rings. The Labute approximate surface area is 125 Å². The first-order chi connectivity index (χ1) is 9.01. The van der Waals surface area contributed by atoms with Crippen molar-refractivity contribution in [3.63, 3.8) is 0 Å². The van der Waals surface area contributed by atoms with E-state index in [1.165, 1.54) is 11.3 Å². The quantitative estimate of drug-likeness (QED) is 0.886. The van der Waals surface area contributed by atoms with E-state index in [0.717, 1.165) is 21.3 Å². The Balaban J connectivity index is 2.07. The molecule has 2 rings (SSSR count). The lowest BCUT2D eigenvalue weighted by Crippen LogP contribution is -2.22. The van der Waals surface area contributed by atoms with Crippen molar-refractivity contribution in [3.8, 4) is 0 Å². The predicted molar refractivity (Wildman–Crippen MR) is 81.9 cm³/mol. The van der Waals surface area contributed by atoms with Gasteiger partial charge in [-0.2, -0.15) is 0 Å². The molecule has 0 aliphatic rings. The molecule has 0 amide bonds. The maximum absolute atomic E-state index is 12.1. The van der Waals surface area contributed by atoms with Gasteiger partial charge in [0.1, 0.15) is 4.21 Å². The lowest BCUT2D eigenvalue weighted by Gasteiger charge is -2.05. The monoisotopic (exact) mass is 359 g/mol. The summed E-state index contributed by atoms with van der Waals surface area (Å²) in [5, 5.41) is 0. The molecule has 1 aromatic carbocycles. The molecule has 1 heterocycles. The number of halogens is 1. The third-order valence-electron chi connectivity index (χ3n) is 2.63. The van der Waals surface area contributed by atoms with Crippen molar-refractivity contribution >= 4 is 37.3 Å². The summed E-state index contributed by atoms with van der Waals surface area (Å²) < 4.78 is 28.2. The van der Waals surface area contributed by atoms with Gasteiger partial charge < -0.3 is 0 Å². The molecule has 3 nitrogen and oxygen atoms in total. The van der Waals surface area contributed by atoms with Crippen molar-refractivity contribution in [3.05, 3.63) is 51.3 Å². The molecule has 0 bridgehead atoms. The van der Waals surface area contributed by atoms with Gasteiger partial charge in [0, 0.05) is 15.9 Å². The Morgan fingerprint density at radius 2 is 1.84 bits per heavy atom. The fourth-order valence-corrected chi connectivity index (χ4v) is 4.17. The molecule has 0 atom stereocenters. The van der Waals surface area contributed by atoms with Crippen molar-refractivity contribution in [2.45, 2.75) is 24.1 Å². The fraction of sp³-hybridized carbons (Fsp3) is 0.231. The highest BCUT2D eigenvalue weighted by Gasteiger charge is 2.15. The van der Waals surface area contributed by atoms with E-state index in [9.17, 15) is 8.42 Å². The zero-order chi connectivity index (χ0) is 13.9. The van der Waals surface area contributed by atoms with Crippen LogP contribution in [-0.4, -0.2) is 8.42 Å². The zero-order valence-corrected chi connectivity index (χ0v) is 13.6. The summed E-state index contributed by atoms with van der Waals surface area (Å²) in [7, 11) is -3.40. The Kier molecular flexibility index (Phi) is 4.78. The SMILES string of the molecule is CCc1ccc(S(=O)(=O)NCc2ccc(Br)cc2)s1. The molecule has 102 valence electrons. The van der Waals surface area contributed by atoms with Crippen LogP contribution in [0.1, 0.15) is 17.4 Å².